The maximum atomic E-state index is 13.9. The monoisotopic (exact) mass is 390 g/mol. The molecule has 3 aromatic rings. The molecular formula is C19H17ClF2N4O. The van der Waals surface area contributed by atoms with E-state index in [4.69, 9.17) is 11.6 Å². The van der Waals surface area contributed by atoms with E-state index in [0.29, 0.717) is 28.3 Å². The number of amides is 2. The first kappa shape index (κ1) is 18.8. The molecule has 0 atom stereocenters. The second-order valence-corrected chi connectivity index (χ2v) is 6.41. The number of benzene rings is 2. The van der Waals surface area contributed by atoms with Crippen LogP contribution < -0.4 is 10.6 Å². The lowest BCUT2D eigenvalue weighted by atomic mass is 10.2. The summed E-state index contributed by atoms with van der Waals surface area (Å²) in [4.78, 5) is 12.2. The summed E-state index contributed by atoms with van der Waals surface area (Å²) < 4.78 is 28.7. The second-order valence-electron chi connectivity index (χ2n) is 6.00. The van der Waals surface area contributed by atoms with E-state index in [0.717, 1.165) is 0 Å². The Bertz CT molecular complexity index is 1000. The zero-order chi connectivity index (χ0) is 19.6. The van der Waals surface area contributed by atoms with Crippen molar-refractivity contribution in [3.63, 3.8) is 0 Å². The van der Waals surface area contributed by atoms with Crippen LogP contribution in [-0.2, 0) is 6.54 Å². The summed E-state index contributed by atoms with van der Waals surface area (Å²) in [5.74, 6) is -0.880. The Hall–Kier alpha value is -2.93. The van der Waals surface area contributed by atoms with Gasteiger partial charge in [-0.2, -0.15) is 5.10 Å². The molecule has 27 heavy (non-hydrogen) atoms. The first-order chi connectivity index (χ1) is 12.8. The third kappa shape index (κ3) is 4.25. The average molecular weight is 391 g/mol. The van der Waals surface area contributed by atoms with Gasteiger partial charge in [0, 0.05) is 11.3 Å². The van der Waals surface area contributed by atoms with Crippen molar-refractivity contribution >= 4 is 29.0 Å². The Morgan fingerprint density at radius 1 is 1.11 bits per heavy atom. The molecule has 0 radical (unpaired) electrons. The van der Waals surface area contributed by atoms with Crippen molar-refractivity contribution in [3.8, 4) is 0 Å². The van der Waals surface area contributed by atoms with Crippen LogP contribution in [0.4, 0.5) is 25.0 Å². The minimum atomic E-state index is -0.566. The SMILES string of the molecule is Cc1nn(Cc2ccccc2F)c(C)c1NC(=O)Nc1ccc(F)c(Cl)c1. The highest BCUT2D eigenvalue weighted by Gasteiger charge is 2.15. The molecule has 140 valence electrons. The number of hydrogen-bond donors (Lipinski definition) is 2. The van der Waals surface area contributed by atoms with Gasteiger partial charge in [0.1, 0.15) is 11.6 Å². The van der Waals surface area contributed by atoms with Crippen LogP contribution in [-0.4, -0.2) is 15.8 Å². The molecule has 0 bridgehead atoms. The number of nitrogens with one attached hydrogen (secondary N) is 2. The molecule has 0 saturated carbocycles. The molecular weight excluding hydrogens is 374 g/mol. The minimum Gasteiger partial charge on any atom is -0.308 e. The van der Waals surface area contributed by atoms with E-state index in [-0.39, 0.29) is 17.4 Å². The zero-order valence-corrected chi connectivity index (χ0v) is 15.4. The number of urea groups is 1. The van der Waals surface area contributed by atoms with E-state index < -0.39 is 11.8 Å². The Morgan fingerprint density at radius 3 is 2.56 bits per heavy atom. The van der Waals surface area contributed by atoms with E-state index >= 15 is 0 Å². The molecule has 0 aliphatic heterocycles. The summed E-state index contributed by atoms with van der Waals surface area (Å²) >= 11 is 5.71. The highest BCUT2D eigenvalue weighted by molar-refractivity contribution is 6.31. The fourth-order valence-corrected chi connectivity index (χ4v) is 2.85. The Morgan fingerprint density at radius 2 is 1.85 bits per heavy atom. The van der Waals surface area contributed by atoms with Crippen LogP contribution >= 0.6 is 11.6 Å². The summed E-state index contributed by atoms with van der Waals surface area (Å²) in [5.41, 5.74) is 2.66. The van der Waals surface area contributed by atoms with E-state index in [1.807, 2.05) is 0 Å². The molecule has 0 spiro atoms. The molecule has 0 saturated heterocycles. The van der Waals surface area contributed by atoms with E-state index in [9.17, 15) is 13.6 Å². The van der Waals surface area contributed by atoms with Gasteiger partial charge in [-0.05, 0) is 38.1 Å². The van der Waals surface area contributed by atoms with Gasteiger partial charge in [0.05, 0.1) is 28.6 Å². The lowest BCUT2D eigenvalue weighted by Crippen LogP contribution is -2.20. The predicted octanol–water partition coefficient (Wildman–Crippen LogP) is 5.12. The summed E-state index contributed by atoms with van der Waals surface area (Å²) in [6.45, 7) is 3.77. The maximum Gasteiger partial charge on any atom is 0.323 e. The highest BCUT2D eigenvalue weighted by Crippen LogP contribution is 2.23. The minimum absolute atomic E-state index is 0.0853. The molecule has 8 heteroatoms. The van der Waals surface area contributed by atoms with Crippen molar-refractivity contribution in [2.75, 3.05) is 10.6 Å². The molecule has 2 amide bonds. The topological polar surface area (TPSA) is 59.0 Å². The van der Waals surface area contributed by atoms with Gasteiger partial charge in [0.2, 0.25) is 0 Å². The standard InChI is InChI=1S/C19H17ClF2N4O/c1-11-18(24-19(27)23-14-7-8-17(22)15(20)9-14)12(2)26(25-11)10-13-5-3-4-6-16(13)21/h3-9H,10H2,1-2H3,(H2,23,24,27). The van der Waals surface area contributed by atoms with E-state index in [2.05, 4.69) is 15.7 Å². The van der Waals surface area contributed by atoms with Crippen LogP contribution in [0.25, 0.3) is 0 Å². The zero-order valence-electron chi connectivity index (χ0n) is 14.7. The van der Waals surface area contributed by atoms with Crippen molar-refractivity contribution in [2.24, 2.45) is 0 Å². The summed E-state index contributed by atoms with van der Waals surface area (Å²) in [6, 6.07) is 9.82. The van der Waals surface area contributed by atoms with Crippen LogP contribution in [0.2, 0.25) is 5.02 Å². The van der Waals surface area contributed by atoms with Gasteiger partial charge in [-0.15, -0.1) is 0 Å². The highest BCUT2D eigenvalue weighted by atomic mass is 35.5. The molecule has 2 N–H and O–H groups in total. The largest absolute Gasteiger partial charge is 0.323 e. The van der Waals surface area contributed by atoms with Crippen molar-refractivity contribution in [2.45, 2.75) is 20.4 Å². The first-order valence-electron chi connectivity index (χ1n) is 8.15. The molecule has 5 nitrogen and oxygen atoms in total. The molecule has 0 aliphatic rings. The number of halogens is 3. The van der Waals surface area contributed by atoms with Gasteiger partial charge in [-0.1, -0.05) is 29.8 Å². The lowest BCUT2D eigenvalue weighted by Gasteiger charge is -2.09. The molecule has 1 aromatic heterocycles. The molecule has 1 heterocycles. The van der Waals surface area contributed by atoms with Crippen LogP contribution in [0.1, 0.15) is 17.0 Å². The van der Waals surface area contributed by atoms with Crippen molar-refractivity contribution in [1.29, 1.82) is 0 Å². The smallest absolute Gasteiger partial charge is 0.308 e. The number of rotatable bonds is 4. The molecule has 2 aromatic carbocycles. The average Bonchev–Trinajstić information content (AvgIpc) is 2.88. The first-order valence-corrected chi connectivity index (χ1v) is 8.53. The molecule has 0 unspecified atom stereocenters. The Kier molecular flexibility index (Phi) is 5.41. The third-order valence-electron chi connectivity index (χ3n) is 4.08. The van der Waals surface area contributed by atoms with Crippen molar-refractivity contribution < 1.29 is 13.6 Å². The number of anilines is 2. The molecule has 3 rings (SSSR count). The van der Waals surface area contributed by atoms with Gasteiger partial charge < -0.3 is 10.6 Å². The van der Waals surface area contributed by atoms with Crippen molar-refractivity contribution in [3.05, 3.63) is 76.1 Å². The summed E-state index contributed by atoms with van der Waals surface area (Å²) in [6.07, 6.45) is 0. The number of carbonyl (C=O) groups excluding carboxylic acids is 1. The van der Waals surface area contributed by atoms with Crippen LogP contribution in [0.15, 0.2) is 42.5 Å². The van der Waals surface area contributed by atoms with Gasteiger partial charge in [0.25, 0.3) is 0 Å². The van der Waals surface area contributed by atoms with Crippen molar-refractivity contribution in [1.82, 2.24) is 9.78 Å². The lowest BCUT2D eigenvalue weighted by molar-refractivity contribution is 0.262. The second kappa shape index (κ2) is 7.75. The third-order valence-corrected chi connectivity index (χ3v) is 4.37. The van der Waals surface area contributed by atoms with Gasteiger partial charge in [-0.3, -0.25) is 4.68 Å². The maximum absolute atomic E-state index is 13.9. The van der Waals surface area contributed by atoms with Crippen LogP contribution in [0.5, 0.6) is 0 Å². The number of aryl methyl sites for hydroxylation is 1. The van der Waals surface area contributed by atoms with Crippen LogP contribution in [0.3, 0.4) is 0 Å². The normalized spacial score (nSPS) is 10.7. The van der Waals surface area contributed by atoms with Gasteiger partial charge >= 0.3 is 6.03 Å². The fourth-order valence-electron chi connectivity index (χ4n) is 2.67. The molecule has 0 aliphatic carbocycles. The van der Waals surface area contributed by atoms with Gasteiger partial charge in [-0.25, -0.2) is 13.6 Å². The number of carbonyl (C=O) groups is 1. The van der Waals surface area contributed by atoms with Gasteiger partial charge in [0.15, 0.2) is 0 Å². The number of aromatic nitrogens is 2. The Labute approximate surface area is 160 Å². The summed E-state index contributed by atoms with van der Waals surface area (Å²) in [7, 11) is 0. The quantitative estimate of drug-likeness (QED) is 0.649. The van der Waals surface area contributed by atoms with E-state index in [1.54, 1.807) is 36.7 Å². The predicted molar refractivity (Wildman–Crippen MR) is 101 cm³/mol. The number of nitrogens with zero attached hydrogens (tertiary/aromatic N) is 2. The number of hydrogen-bond acceptors (Lipinski definition) is 2. The fraction of sp³-hybridized carbons (Fsp3) is 0.158. The molecule has 0 fully saturated rings. The Balaban J connectivity index is 1.75. The van der Waals surface area contributed by atoms with Crippen LogP contribution in [0, 0.1) is 25.5 Å². The van der Waals surface area contributed by atoms with E-state index in [1.165, 1.54) is 24.3 Å². The summed E-state index contributed by atoms with van der Waals surface area (Å²) in [5, 5.41) is 9.58.